The van der Waals surface area contributed by atoms with Gasteiger partial charge >= 0.3 is 10.2 Å². The number of carbonyl (C=O) groups is 4. The molecule has 3 aromatic carbocycles. The van der Waals surface area contributed by atoms with Crippen molar-refractivity contribution in [2.24, 2.45) is 5.41 Å². The summed E-state index contributed by atoms with van der Waals surface area (Å²) in [5, 5.41) is 2.69. The number of nitrogens with one attached hydrogen (secondary N) is 3. The van der Waals surface area contributed by atoms with Gasteiger partial charge in [0.15, 0.2) is 5.82 Å². The fourth-order valence-corrected chi connectivity index (χ4v) is 11.3. The third kappa shape index (κ3) is 7.70. The van der Waals surface area contributed by atoms with Gasteiger partial charge < -0.3 is 14.8 Å². The number of hydrogen-bond donors (Lipinski definition) is 3. The van der Waals surface area contributed by atoms with Crippen molar-refractivity contribution in [3.63, 3.8) is 0 Å². The molecule has 18 heteroatoms. The zero-order valence-electron chi connectivity index (χ0n) is 34.7. The zero-order chi connectivity index (χ0) is 44.5. The second-order valence-electron chi connectivity index (χ2n) is 17.7. The van der Waals surface area contributed by atoms with Gasteiger partial charge in [0.2, 0.25) is 17.6 Å². The molecule has 4 saturated heterocycles. The molecule has 0 radical (unpaired) electrons. The number of rotatable bonds is 10. The van der Waals surface area contributed by atoms with Gasteiger partial charge in [-0.15, -0.1) is 0 Å². The molecular weight excluding hydrogens is 850 g/mol. The lowest BCUT2D eigenvalue weighted by atomic mass is 9.77. The van der Waals surface area contributed by atoms with Gasteiger partial charge in [0.25, 0.3) is 5.91 Å². The van der Waals surface area contributed by atoms with Crippen molar-refractivity contribution in [1.82, 2.24) is 29.4 Å². The zero-order valence-corrected chi connectivity index (χ0v) is 35.5. The molecule has 5 aliphatic heterocycles. The number of aromatic amines is 1. The summed E-state index contributed by atoms with van der Waals surface area (Å²) in [4.78, 5) is 64.9. The van der Waals surface area contributed by atoms with Crippen LogP contribution in [0.25, 0.3) is 22.2 Å². The lowest BCUT2D eigenvalue weighted by Crippen LogP contribution is -2.52. The summed E-state index contributed by atoms with van der Waals surface area (Å²) < 4.78 is 73.2. The molecule has 4 fully saturated rings. The number of halogens is 3. The molecule has 5 aliphatic rings. The van der Waals surface area contributed by atoms with E-state index in [-0.39, 0.29) is 48.7 Å². The van der Waals surface area contributed by atoms with Crippen LogP contribution in [-0.4, -0.2) is 107 Å². The molecule has 1 unspecified atom stereocenters. The number of aromatic nitrogens is 2. The lowest BCUT2D eigenvalue weighted by Gasteiger charge is -2.39. The number of piperidine rings is 2. The number of amides is 3. The largest absolute Gasteiger partial charge is 0.371 e. The van der Waals surface area contributed by atoms with Crippen LogP contribution in [0.4, 0.5) is 24.5 Å². The number of ketones is 1. The Labute approximate surface area is 367 Å². The number of anilines is 2. The van der Waals surface area contributed by atoms with Crippen LogP contribution in [0.1, 0.15) is 75.9 Å². The SMILES string of the molecule is O=C1CCC(N2Cc3cc(CN4CCC5(CC4)CCN(c4ccc(-c6cnc7[nH]cc(C(=O)c8c(F)ccc(NS(=O)(=O)N9CC[C@@H](F)C9)c8F)c7c6)cc4)C5)ccc3C2=O)C(=O)N1. The predicted octanol–water partition coefficient (Wildman–Crippen LogP) is 5.69. The predicted molar refractivity (Wildman–Crippen MR) is 231 cm³/mol. The Morgan fingerprint density at radius 1 is 0.922 bits per heavy atom. The molecular formula is C46H45F3N8O6S. The highest BCUT2D eigenvalue weighted by Crippen LogP contribution is 2.43. The molecule has 7 heterocycles. The second kappa shape index (κ2) is 16.2. The van der Waals surface area contributed by atoms with Gasteiger partial charge in [-0.2, -0.15) is 12.7 Å². The quantitative estimate of drug-likeness (QED) is 0.118. The number of pyridine rings is 1. The topological polar surface area (TPSA) is 168 Å². The summed E-state index contributed by atoms with van der Waals surface area (Å²) in [6.45, 7) is 4.42. The van der Waals surface area contributed by atoms with E-state index in [2.05, 4.69) is 43.3 Å². The molecule has 2 aromatic heterocycles. The Morgan fingerprint density at radius 3 is 2.45 bits per heavy atom. The van der Waals surface area contributed by atoms with Crippen molar-refractivity contribution in [3.8, 4) is 11.1 Å². The van der Waals surface area contributed by atoms with Crippen molar-refractivity contribution < 1.29 is 40.8 Å². The first-order valence-electron chi connectivity index (χ1n) is 21.5. The summed E-state index contributed by atoms with van der Waals surface area (Å²) >= 11 is 0. The first-order valence-corrected chi connectivity index (χ1v) is 22.9. The van der Waals surface area contributed by atoms with E-state index in [0.29, 0.717) is 35.1 Å². The van der Waals surface area contributed by atoms with Crippen LogP contribution in [-0.2, 0) is 32.9 Å². The van der Waals surface area contributed by atoms with Gasteiger partial charge in [0.1, 0.15) is 23.7 Å². The van der Waals surface area contributed by atoms with E-state index in [1.165, 1.54) is 6.20 Å². The maximum absolute atomic E-state index is 15.8. The normalized spacial score (nSPS) is 21.6. The minimum absolute atomic E-state index is 0.00219. The van der Waals surface area contributed by atoms with Crippen LogP contribution in [0.3, 0.4) is 0 Å². The highest BCUT2D eigenvalue weighted by molar-refractivity contribution is 7.90. The average molecular weight is 895 g/mol. The molecule has 3 N–H and O–H groups in total. The highest BCUT2D eigenvalue weighted by Gasteiger charge is 2.42. The van der Waals surface area contributed by atoms with Crippen LogP contribution in [0.2, 0.25) is 0 Å². The number of likely N-dealkylation sites (tertiary alicyclic amines) is 1. The molecule has 0 bridgehead atoms. The lowest BCUT2D eigenvalue weighted by molar-refractivity contribution is -0.136. The second-order valence-corrected chi connectivity index (χ2v) is 19.3. The van der Waals surface area contributed by atoms with E-state index >= 15 is 8.78 Å². The number of carbonyl (C=O) groups excluding carboxylic acids is 4. The molecule has 14 nitrogen and oxygen atoms in total. The molecule has 0 aliphatic carbocycles. The monoisotopic (exact) mass is 894 g/mol. The van der Waals surface area contributed by atoms with Gasteiger partial charge in [0.05, 0.1) is 11.3 Å². The van der Waals surface area contributed by atoms with E-state index in [1.807, 2.05) is 29.0 Å². The molecule has 1 spiro atoms. The van der Waals surface area contributed by atoms with E-state index in [9.17, 15) is 32.0 Å². The van der Waals surface area contributed by atoms with E-state index < -0.39 is 57.0 Å². The number of alkyl halides is 1. The maximum atomic E-state index is 15.8. The maximum Gasteiger partial charge on any atom is 0.301 e. The molecule has 64 heavy (non-hydrogen) atoms. The van der Waals surface area contributed by atoms with Crippen molar-refractivity contribution >= 4 is 56.1 Å². The van der Waals surface area contributed by atoms with Crippen LogP contribution < -0.4 is 14.9 Å². The number of fused-ring (bicyclic) bond motifs is 2. The summed E-state index contributed by atoms with van der Waals surface area (Å²) in [5.41, 5.74) is 4.16. The van der Waals surface area contributed by atoms with Crippen LogP contribution in [0, 0.1) is 17.0 Å². The number of imide groups is 1. The minimum Gasteiger partial charge on any atom is -0.371 e. The van der Waals surface area contributed by atoms with Crippen molar-refractivity contribution in [3.05, 3.63) is 113 Å². The smallest absolute Gasteiger partial charge is 0.301 e. The Bertz CT molecular complexity index is 2850. The number of hydrogen-bond acceptors (Lipinski definition) is 9. The standard InChI is InChI=1S/C46H45F3N8O6S/c47-31-11-15-56(25-31)64(62,63)53-37-8-7-36(48)40(41(37)49)42(59)35-22-51-43-34(35)20-29(21-50-43)28-2-4-32(5-3-28)55-18-14-46(26-55)12-16-54(17-13-46)23-27-1-6-33-30(19-27)24-57(45(33)61)38-9-10-39(58)52-44(38)60/h1-8,19-22,31,38,53H,9-18,23-26H2,(H,50,51)(H,52,58,60)/t31-,38?/m1/s1. The Balaban J connectivity index is 0.772. The van der Waals surface area contributed by atoms with Crippen LogP contribution in [0.15, 0.2) is 73.1 Å². The van der Waals surface area contributed by atoms with Crippen molar-refractivity contribution in [2.45, 2.75) is 63.8 Å². The van der Waals surface area contributed by atoms with Gasteiger partial charge in [0, 0.05) is 85.8 Å². The molecule has 3 amide bonds. The van der Waals surface area contributed by atoms with Gasteiger partial charge in [-0.1, -0.05) is 24.3 Å². The van der Waals surface area contributed by atoms with E-state index in [1.54, 1.807) is 17.2 Å². The average Bonchev–Trinajstić information content (AvgIpc) is 4.09. The van der Waals surface area contributed by atoms with Crippen LogP contribution >= 0.6 is 0 Å². The van der Waals surface area contributed by atoms with Crippen molar-refractivity contribution in [1.29, 1.82) is 0 Å². The first-order chi connectivity index (χ1) is 30.7. The molecule has 10 rings (SSSR count). The highest BCUT2D eigenvalue weighted by atomic mass is 32.2. The number of benzene rings is 3. The summed E-state index contributed by atoms with van der Waals surface area (Å²) in [6, 6.07) is 16.8. The Morgan fingerprint density at radius 2 is 1.70 bits per heavy atom. The third-order valence-corrected chi connectivity index (χ3v) is 15.2. The minimum atomic E-state index is -4.36. The fourth-order valence-electron chi connectivity index (χ4n) is 10.0. The van der Waals surface area contributed by atoms with Crippen molar-refractivity contribution in [2.75, 3.05) is 48.9 Å². The Hall–Kier alpha value is -6.11. The first kappa shape index (κ1) is 41.9. The summed E-state index contributed by atoms with van der Waals surface area (Å²) in [5.74, 6) is -4.44. The number of H-pyrrole nitrogens is 1. The third-order valence-electron chi connectivity index (χ3n) is 13.7. The van der Waals surface area contributed by atoms with Gasteiger partial charge in [-0.25, -0.2) is 18.2 Å². The molecule has 2 atom stereocenters. The summed E-state index contributed by atoms with van der Waals surface area (Å²) in [7, 11) is -4.36. The van der Waals surface area contributed by atoms with Gasteiger partial charge in [-0.05, 0) is 104 Å². The Kier molecular flexibility index (Phi) is 10.6. The molecule has 5 aromatic rings. The van der Waals surface area contributed by atoms with Gasteiger partial charge in [-0.3, -0.25) is 34.1 Å². The van der Waals surface area contributed by atoms with E-state index in [4.69, 9.17) is 0 Å². The van der Waals surface area contributed by atoms with Crippen LogP contribution in [0.5, 0.6) is 0 Å². The molecule has 332 valence electrons. The molecule has 0 saturated carbocycles. The summed E-state index contributed by atoms with van der Waals surface area (Å²) in [6.07, 6.45) is 5.38. The fraction of sp³-hybridized carbons (Fsp3) is 0.370. The van der Waals surface area contributed by atoms with E-state index in [0.717, 1.165) is 90.8 Å². The number of nitrogens with zero attached hydrogens (tertiary/aromatic N) is 5.